The molecule has 0 spiro atoms. The molecule has 25 heavy (non-hydrogen) atoms. The van der Waals surface area contributed by atoms with Gasteiger partial charge >= 0.3 is 0 Å². The molecule has 0 aliphatic carbocycles. The second kappa shape index (κ2) is 11.4. The van der Waals surface area contributed by atoms with Gasteiger partial charge in [-0.15, -0.1) is 0 Å². The van der Waals surface area contributed by atoms with Gasteiger partial charge in [-0.3, -0.25) is 0 Å². The Morgan fingerprint density at radius 2 is 1.64 bits per heavy atom. The highest BCUT2D eigenvalue weighted by Gasteiger charge is 1.99. The van der Waals surface area contributed by atoms with E-state index in [-0.39, 0.29) is 0 Å². The second-order valence-corrected chi connectivity index (χ2v) is 5.77. The molecule has 4 heteroatoms. The molecule has 2 rings (SSSR count). The molecule has 136 valence electrons. The van der Waals surface area contributed by atoms with Crippen LogP contribution < -0.4 is 14.8 Å². The molecule has 0 bridgehead atoms. The summed E-state index contributed by atoms with van der Waals surface area (Å²) in [7, 11) is 0. The predicted molar refractivity (Wildman–Crippen MR) is 103 cm³/mol. The Labute approximate surface area is 151 Å². The van der Waals surface area contributed by atoms with E-state index in [0.29, 0.717) is 19.8 Å². The summed E-state index contributed by atoms with van der Waals surface area (Å²) in [6.45, 7) is 7.58. The van der Waals surface area contributed by atoms with Crippen LogP contribution in [0.1, 0.15) is 32.3 Å². The Hall–Kier alpha value is -2.20. The van der Waals surface area contributed by atoms with Crippen molar-refractivity contribution in [3.05, 3.63) is 54.1 Å². The largest absolute Gasteiger partial charge is 0.494 e. The van der Waals surface area contributed by atoms with Crippen LogP contribution in [0.25, 0.3) is 0 Å². The van der Waals surface area contributed by atoms with Crippen LogP contribution in [0.15, 0.2) is 48.5 Å². The molecule has 0 aromatic heterocycles. The van der Waals surface area contributed by atoms with Gasteiger partial charge < -0.3 is 19.5 Å². The lowest BCUT2D eigenvalue weighted by Crippen LogP contribution is -2.06. The smallest absolute Gasteiger partial charge is 0.121 e. The van der Waals surface area contributed by atoms with Crippen molar-refractivity contribution in [1.82, 2.24) is 0 Å². The van der Waals surface area contributed by atoms with E-state index >= 15 is 0 Å². The molecule has 0 heterocycles. The monoisotopic (exact) mass is 343 g/mol. The number of hydrogen-bond donors (Lipinski definition) is 1. The summed E-state index contributed by atoms with van der Waals surface area (Å²) in [5, 5.41) is 3.42. The fourth-order valence-corrected chi connectivity index (χ4v) is 2.30. The molecule has 1 N–H and O–H groups in total. The van der Waals surface area contributed by atoms with Crippen LogP contribution in [0.4, 0.5) is 5.69 Å². The molecule has 0 aliphatic heterocycles. The topological polar surface area (TPSA) is 39.7 Å². The van der Waals surface area contributed by atoms with Crippen LogP contribution in [0.2, 0.25) is 0 Å². The van der Waals surface area contributed by atoms with Crippen LogP contribution in [0, 0.1) is 0 Å². The number of anilines is 1. The average Bonchev–Trinajstić information content (AvgIpc) is 2.65. The highest BCUT2D eigenvalue weighted by atomic mass is 16.5. The van der Waals surface area contributed by atoms with Gasteiger partial charge in [0.2, 0.25) is 0 Å². The zero-order chi connectivity index (χ0) is 17.7. The molecule has 0 radical (unpaired) electrons. The summed E-state index contributed by atoms with van der Waals surface area (Å²) in [5.41, 5.74) is 2.25. The van der Waals surface area contributed by atoms with Crippen LogP contribution in [-0.4, -0.2) is 26.4 Å². The maximum Gasteiger partial charge on any atom is 0.121 e. The van der Waals surface area contributed by atoms with Crippen molar-refractivity contribution in [3.8, 4) is 11.5 Å². The van der Waals surface area contributed by atoms with Gasteiger partial charge in [0.05, 0.1) is 13.2 Å². The summed E-state index contributed by atoms with van der Waals surface area (Å²) >= 11 is 0. The van der Waals surface area contributed by atoms with Gasteiger partial charge in [0.1, 0.15) is 18.1 Å². The van der Waals surface area contributed by atoms with Crippen molar-refractivity contribution < 1.29 is 14.2 Å². The molecule has 0 atom stereocenters. The molecular formula is C21H29NO3. The summed E-state index contributed by atoms with van der Waals surface area (Å²) in [6, 6.07) is 16.2. The molecule has 0 unspecified atom stereocenters. The Kier molecular flexibility index (Phi) is 8.70. The summed E-state index contributed by atoms with van der Waals surface area (Å²) in [6.07, 6.45) is 2.24. The highest BCUT2D eigenvalue weighted by molar-refractivity contribution is 5.48. The maximum absolute atomic E-state index is 5.69. The lowest BCUT2D eigenvalue weighted by molar-refractivity contribution is 0.110. The second-order valence-electron chi connectivity index (χ2n) is 5.77. The number of nitrogens with one attached hydrogen (secondary N) is 1. The number of unbranched alkanes of at least 4 members (excludes halogenated alkanes) is 1. The van der Waals surface area contributed by atoms with Crippen LogP contribution >= 0.6 is 0 Å². The van der Waals surface area contributed by atoms with E-state index in [2.05, 4.69) is 24.4 Å². The van der Waals surface area contributed by atoms with Gasteiger partial charge in [-0.2, -0.15) is 0 Å². The highest BCUT2D eigenvalue weighted by Crippen LogP contribution is 2.19. The van der Waals surface area contributed by atoms with E-state index in [4.69, 9.17) is 14.2 Å². The van der Waals surface area contributed by atoms with Gasteiger partial charge in [-0.1, -0.05) is 31.5 Å². The minimum Gasteiger partial charge on any atom is -0.494 e. The summed E-state index contributed by atoms with van der Waals surface area (Å²) < 4.78 is 16.6. The minimum atomic E-state index is 0.566. The maximum atomic E-state index is 5.69. The predicted octanol–water partition coefficient (Wildman–Crippen LogP) is 4.89. The summed E-state index contributed by atoms with van der Waals surface area (Å²) in [5.74, 6) is 1.78. The first-order valence-electron chi connectivity index (χ1n) is 9.08. The first kappa shape index (κ1) is 19.1. The third kappa shape index (κ3) is 7.48. The van der Waals surface area contributed by atoms with Crippen molar-refractivity contribution in [2.45, 2.75) is 33.2 Å². The Bertz CT molecular complexity index is 598. The number of hydrogen-bond acceptors (Lipinski definition) is 4. The van der Waals surface area contributed by atoms with E-state index in [9.17, 15) is 0 Å². The molecule has 2 aromatic carbocycles. The van der Waals surface area contributed by atoms with E-state index in [0.717, 1.165) is 43.2 Å². The van der Waals surface area contributed by atoms with Crippen molar-refractivity contribution >= 4 is 5.69 Å². The molecule has 4 nitrogen and oxygen atoms in total. The van der Waals surface area contributed by atoms with E-state index in [1.807, 2.05) is 43.3 Å². The fourth-order valence-electron chi connectivity index (χ4n) is 2.30. The Morgan fingerprint density at radius 3 is 2.40 bits per heavy atom. The van der Waals surface area contributed by atoms with Gasteiger partial charge in [0.15, 0.2) is 0 Å². The van der Waals surface area contributed by atoms with Crippen molar-refractivity contribution in [1.29, 1.82) is 0 Å². The third-order valence-corrected chi connectivity index (χ3v) is 3.72. The Morgan fingerprint density at radius 1 is 0.840 bits per heavy atom. The van der Waals surface area contributed by atoms with E-state index in [1.54, 1.807) is 0 Å². The molecule has 2 aromatic rings. The van der Waals surface area contributed by atoms with Crippen LogP contribution in [0.3, 0.4) is 0 Å². The van der Waals surface area contributed by atoms with Gasteiger partial charge in [0.25, 0.3) is 0 Å². The quantitative estimate of drug-likeness (QED) is 0.557. The number of ether oxygens (including phenoxy) is 3. The van der Waals surface area contributed by atoms with Crippen molar-refractivity contribution in [2.75, 3.05) is 31.7 Å². The molecule has 0 aliphatic rings. The Balaban J connectivity index is 1.78. The SMILES string of the molecule is CCCCOc1ccc(CNc2cccc(OCCOCC)c2)cc1. The van der Waals surface area contributed by atoms with Gasteiger partial charge in [-0.25, -0.2) is 0 Å². The van der Waals surface area contributed by atoms with Crippen molar-refractivity contribution in [2.24, 2.45) is 0 Å². The minimum absolute atomic E-state index is 0.566. The zero-order valence-electron chi connectivity index (χ0n) is 15.3. The molecule has 0 saturated heterocycles. The summed E-state index contributed by atoms with van der Waals surface area (Å²) in [4.78, 5) is 0. The van der Waals surface area contributed by atoms with Gasteiger partial charge in [-0.05, 0) is 43.2 Å². The first-order chi connectivity index (χ1) is 12.3. The van der Waals surface area contributed by atoms with E-state index in [1.165, 1.54) is 5.56 Å². The fraction of sp³-hybridized carbons (Fsp3) is 0.429. The average molecular weight is 343 g/mol. The number of rotatable bonds is 12. The number of benzene rings is 2. The van der Waals surface area contributed by atoms with Crippen LogP contribution in [0.5, 0.6) is 11.5 Å². The molecular weight excluding hydrogens is 314 g/mol. The zero-order valence-corrected chi connectivity index (χ0v) is 15.3. The van der Waals surface area contributed by atoms with Crippen molar-refractivity contribution in [3.63, 3.8) is 0 Å². The molecule has 0 fully saturated rings. The molecule has 0 amide bonds. The normalized spacial score (nSPS) is 10.5. The third-order valence-electron chi connectivity index (χ3n) is 3.72. The standard InChI is InChI=1S/C21H29NO3/c1-3-5-13-24-20-11-9-18(10-12-20)17-22-19-7-6-8-21(16-19)25-15-14-23-4-2/h6-12,16,22H,3-5,13-15,17H2,1-2H3. The first-order valence-corrected chi connectivity index (χ1v) is 9.08. The lowest BCUT2D eigenvalue weighted by Gasteiger charge is -2.11. The van der Waals surface area contributed by atoms with Gasteiger partial charge in [0, 0.05) is 24.9 Å². The van der Waals surface area contributed by atoms with Crippen LogP contribution in [-0.2, 0) is 11.3 Å². The lowest BCUT2D eigenvalue weighted by atomic mass is 10.2. The van der Waals surface area contributed by atoms with E-state index < -0.39 is 0 Å². The molecule has 0 saturated carbocycles.